The molecule has 0 spiro atoms. The van der Waals surface area contributed by atoms with E-state index < -0.39 is 0 Å². The average Bonchev–Trinajstić information content (AvgIpc) is 2.75. The molecule has 2 N–H and O–H groups in total. The number of carbonyl (C=O) groups excluding carboxylic acids is 1. The first-order valence-corrected chi connectivity index (χ1v) is 6.78. The molecule has 1 aliphatic carbocycles. The molecule has 0 aromatic carbocycles. The molecule has 0 radical (unpaired) electrons. The van der Waals surface area contributed by atoms with Gasteiger partial charge in [0.05, 0.1) is 5.92 Å². The molecule has 0 aromatic heterocycles. The van der Waals surface area contributed by atoms with Crippen molar-refractivity contribution in [3.8, 4) is 0 Å². The Labute approximate surface area is 104 Å². The summed E-state index contributed by atoms with van der Waals surface area (Å²) in [6.45, 7) is 1.98. The predicted octanol–water partition coefficient (Wildman–Crippen LogP) is 0.666. The maximum absolute atomic E-state index is 12.3. The number of carbonyl (C=O) groups is 1. The summed E-state index contributed by atoms with van der Waals surface area (Å²) in [5.74, 6) is 0.565. The minimum absolute atomic E-state index is 0.223. The van der Waals surface area contributed by atoms with Gasteiger partial charge in [0.25, 0.3) is 0 Å². The normalized spacial score (nSPS) is 34.9. The van der Waals surface area contributed by atoms with Crippen LogP contribution in [0, 0.1) is 5.92 Å². The molecule has 0 aromatic rings. The fraction of sp³-hybridized carbons (Fsp3) is 0.923. The van der Waals surface area contributed by atoms with Gasteiger partial charge >= 0.3 is 0 Å². The first-order chi connectivity index (χ1) is 8.08. The van der Waals surface area contributed by atoms with Crippen molar-refractivity contribution in [1.82, 2.24) is 9.80 Å². The molecule has 1 amide bonds. The minimum Gasteiger partial charge on any atom is -0.342 e. The Morgan fingerprint density at radius 1 is 1.24 bits per heavy atom. The Bertz CT molecular complexity index is 274. The van der Waals surface area contributed by atoms with E-state index in [0.29, 0.717) is 18.0 Å². The molecule has 98 valence electrons. The molecule has 1 unspecified atom stereocenters. The lowest BCUT2D eigenvalue weighted by Crippen LogP contribution is -2.44. The topological polar surface area (TPSA) is 49.6 Å². The molecule has 2 aliphatic rings. The summed E-state index contributed by atoms with van der Waals surface area (Å²) in [7, 11) is 4.06. The standard InChI is InChI=1S/C13H25N3O/c1-15-8-7-10(9-15)13(17)16(2)12-5-3-11(14)4-6-12/h10-12H,3-9,14H2,1-2H3. The summed E-state index contributed by atoms with van der Waals surface area (Å²) in [6.07, 6.45) is 5.30. The second kappa shape index (κ2) is 5.36. The third kappa shape index (κ3) is 2.99. The van der Waals surface area contributed by atoms with Gasteiger partial charge in [0.1, 0.15) is 0 Å². The number of hydrogen-bond acceptors (Lipinski definition) is 3. The Morgan fingerprint density at radius 2 is 1.88 bits per heavy atom. The van der Waals surface area contributed by atoms with Gasteiger partial charge in [-0.2, -0.15) is 0 Å². The van der Waals surface area contributed by atoms with Crippen LogP contribution in [0.1, 0.15) is 32.1 Å². The zero-order chi connectivity index (χ0) is 12.4. The zero-order valence-electron chi connectivity index (χ0n) is 11.1. The maximum Gasteiger partial charge on any atom is 0.227 e. The monoisotopic (exact) mass is 239 g/mol. The van der Waals surface area contributed by atoms with Gasteiger partial charge in [-0.3, -0.25) is 4.79 Å². The first kappa shape index (κ1) is 12.8. The van der Waals surface area contributed by atoms with Crippen LogP contribution in [0.3, 0.4) is 0 Å². The van der Waals surface area contributed by atoms with Crippen LogP contribution in [0.15, 0.2) is 0 Å². The van der Waals surface area contributed by atoms with Gasteiger partial charge in [-0.25, -0.2) is 0 Å². The zero-order valence-corrected chi connectivity index (χ0v) is 11.1. The molecular weight excluding hydrogens is 214 g/mol. The van der Waals surface area contributed by atoms with E-state index >= 15 is 0 Å². The summed E-state index contributed by atoms with van der Waals surface area (Å²) >= 11 is 0. The number of rotatable bonds is 2. The lowest BCUT2D eigenvalue weighted by molar-refractivity contribution is -0.136. The molecule has 17 heavy (non-hydrogen) atoms. The summed E-state index contributed by atoms with van der Waals surface area (Å²) in [5, 5.41) is 0. The van der Waals surface area contributed by atoms with Gasteiger partial charge in [-0.1, -0.05) is 0 Å². The highest BCUT2D eigenvalue weighted by atomic mass is 16.2. The smallest absolute Gasteiger partial charge is 0.227 e. The fourth-order valence-electron chi connectivity index (χ4n) is 3.09. The summed E-state index contributed by atoms with van der Waals surface area (Å²) in [5.41, 5.74) is 5.90. The molecule has 0 bridgehead atoms. The lowest BCUT2D eigenvalue weighted by Gasteiger charge is -2.34. The molecule has 1 atom stereocenters. The van der Waals surface area contributed by atoms with Gasteiger partial charge in [0.2, 0.25) is 5.91 Å². The van der Waals surface area contributed by atoms with Crippen molar-refractivity contribution in [2.24, 2.45) is 11.7 Å². The number of nitrogens with two attached hydrogens (primary N) is 1. The maximum atomic E-state index is 12.3. The highest BCUT2D eigenvalue weighted by Crippen LogP contribution is 2.24. The molecule has 1 saturated carbocycles. The van der Waals surface area contributed by atoms with Crippen molar-refractivity contribution in [3.05, 3.63) is 0 Å². The van der Waals surface area contributed by atoms with E-state index in [-0.39, 0.29) is 5.92 Å². The number of hydrogen-bond donors (Lipinski definition) is 1. The molecule has 2 rings (SSSR count). The molecule has 2 fully saturated rings. The van der Waals surface area contributed by atoms with Crippen molar-refractivity contribution in [3.63, 3.8) is 0 Å². The van der Waals surface area contributed by atoms with Crippen LogP contribution in [0.4, 0.5) is 0 Å². The van der Waals surface area contributed by atoms with Gasteiger partial charge < -0.3 is 15.5 Å². The highest BCUT2D eigenvalue weighted by Gasteiger charge is 2.32. The molecule has 1 heterocycles. The van der Waals surface area contributed by atoms with Crippen LogP contribution in [-0.2, 0) is 4.79 Å². The third-order valence-corrected chi connectivity index (χ3v) is 4.38. The van der Waals surface area contributed by atoms with Gasteiger partial charge in [0.15, 0.2) is 0 Å². The number of amides is 1. The van der Waals surface area contributed by atoms with E-state index in [2.05, 4.69) is 11.9 Å². The van der Waals surface area contributed by atoms with Crippen LogP contribution in [0.25, 0.3) is 0 Å². The molecule has 4 nitrogen and oxygen atoms in total. The van der Waals surface area contributed by atoms with Crippen molar-refractivity contribution in [1.29, 1.82) is 0 Å². The molecule has 4 heteroatoms. The van der Waals surface area contributed by atoms with Crippen LogP contribution in [0.2, 0.25) is 0 Å². The summed E-state index contributed by atoms with van der Waals surface area (Å²) in [4.78, 5) is 16.6. The SMILES string of the molecule is CN1CCC(C(=O)N(C)C2CCC(N)CC2)C1. The molecular formula is C13H25N3O. The number of nitrogens with zero attached hydrogens (tertiary/aromatic N) is 2. The average molecular weight is 239 g/mol. The van der Waals surface area contributed by atoms with Crippen LogP contribution in [0.5, 0.6) is 0 Å². The Balaban J connectivity index is 1.86. The molecule has 1 aliphatic heterocycles. The first-order valence-electron chi connectivity index (χ1n) is 6.78. The van der Waals surface area contributed by atoms with E-state index in [1.807, 2.05) is 11.9 Å². The van der Waals surface area contributed by atoms with E-state index in [4.69, 9.17) is 5.73 Å². The van der Waals surface area contributed by atoms with Crippen LogP contribution in [-0.4, -0.2) is 55.0 Å². The molecule has 1 saturated heterocycles. The Hall–Kier alpha value is -0.610. The van der Waals surface area contributed by atoms with E-state index in [9.17, 15) is 4.79 Å². The van der Waals surface area contributed by atoms with E-state index in [0.717, 1.165) is 45.2 Å². The third-order valence-electron chi connectivity index (χ3n) is 4.38. The van der Waals surface area contributed by atoms with Crippen molar-refractivity contribution in [2.75, 3.05) is 27.2 Å². The number of likely N-dealkylation sites (tertiary alicyclic amines) is 1. The van der Waals surface area contributed by atoms with Crippen molar-refractivity contribution < 1.29 is 4.79 Å². The second-order valence-corrected chi connectivity index (χ2v) is 5.77. The Morgan fingerprint density at radius 3 is 2.41 bits per heavy atom. The van der Waals surface area contributed by atoms with Crippen LogP contribution < -0.4 is 5.73 Å². The largest absolute Gasteiger partial charge is 0.342 e. The predicted molar refractivity (Wildman–Crippen MR) is 68.6 cm³/mol. The van der Waals surface area contributed by atoms with Gasteiger partial charge in [-0.05, 0) is 45.7 Å². The highest BCUT2D eigenvalue weighted by molar-refractivity contribution is 5.79. The van der Waals surface area contributed by atoms with Crippen molar-refractivity contribution >= 4 is 5.91 Å². The lowest BCUT2D eigenvalue weighted by atomic mass is 9.90. The minimum atomic E-state index is 0.223. The van der Waals surface area contributed by atoms with Gasteiger partial charge in [-0.15, -0.1) is 0 Å². The fourth-order valence-corrected chi connectivity index (χ4v) is 3.09. The Kier molecular flexibility index (Phi) is 4.05. The van der Waals surface area contributed by atoms with Crippen molar-refractivity contribution in [2.45, 2.75) is 44.2 Å². The van der Waals surface area contributed by atoms with E-state index in [1.54, 1.807) is 0 Å². The quantitative estimate of drug-likeness (QED) is 0.770. The van der Waals surface area contributed by atoms with E-state index in [1.165, 1.54) is 0 Å². The summed E-state index contributed by atoms with van der Waals surface area (Å²) in [6, 6.07) is 0.778. The second-order valence-electron chi connectivity index (χ2n) is 5.77. The van der Waals surface area contributed by atoms with Gasteiger partial charge in [0, 0.05) is 25.7 Å². The summed E-state index contributed by atoms with van der Waals surface area (Å²) < 4.78 is 0. The van der Waals surface area contributed by atoms with Crippen LogP contribution >= 0.6 is 0 Å².